The Hall–Kier alpha value is -1.59. The molecular weight excluding hydrogens is 373 g/mol. The fourth-order valence-corrected chi connectivity index (χ4v) is 3.56. The second-order valence-corrected chi connectivity index (χ2v) is 7.99. The summed E-state index contributed by atoms with van der Waals surface area (Å²) in [6, 6.07) is 14.4. The quantitative estimate of drug-likeness (QED) is 0.836. The topological polar surface area (TPSA) is 49.8 Å². The minimum Gasteiger partial charge on any atom is -0.389 e. The van der Waals surface area contributed by atoms with Crippen molar-refractivity contribution in [1.29, 1.82) is 0 Å². The summed E-state index contributed by atoms with van der Waals surface area (Å²) in [6.07, 6.45) is -0.394. The summed E-state index contributed by atoms with van der Waals surface area (Å²) in [7, 11) is 0. The van der Waals surface area contributed by atoms with Gasteiger partial charge in [0.2, 0.25) is 5.91 Å². The third-order valence-electron chi connectivity index (χ3n) is 4.28. The van der Waals surface area contributed by atoms with Crippen molar-refractivity contribution < 1.29 is 14.6 Å². The highest BCUT2D eigenvalue weighted by molar-refractivity contribution is 6.30. The highest BCUT2D eigenvalue weighted by Gasteiger charge is 2.40. The molecule has 0 aromatic heterocycles. The Kier molecular flexibility index (Phi) is 5.58. The number of β-amino-alcohol motifs (C(OH)–C–C–N with tert-alkyl or cyclic N) is 1. The van der Waals surface area contributed by atoms with Gasteiger partial charge in [-0.2, -0.15) is 0 Å². The third-order valence-corrected chi connectivity index (χ3v) is 4.76. The standard InChI is InChI=1S/C20H21Cl2NO3/c1-20(2,25)12-23-17(24)11-26-19(14-4-3-5-16(22)10-14)18(23)13-6-8-15(21)9-7-13/h3-10,18-19,25H,11-12H2,1-2H3/t18-,19+/m1/s1. The molecule has 138 valence electrons. The lowest BCUT2D eigenvalue weighted by molar-refractivity contribution is -0.163. The van der Waals surface area contributed by atoms with Crippen molar-refractivity contribution in [1.82, 2.24) is 4.90 Å². The van der Waals surface area contributed by atoms with E-state index < -0.39 is 17.7 Å². The number of rotatable bonds is 4. The molecule has 1 N–H and O–H groups in total. The summed E-state index contributed by atoms with van der Waals surface area (Å²) < 4.78 is 5.91. The molecule has 1 aliphatic heterocycles. The summed E-state index contributed by atoms with van der Waals surface area (Å²) in [5, 5.41) is 11.5. The molecule has 0 spiro atoms. The average molecular weight is 394 g/mol. The van der Waals surface area contributed by atoms with Crippen LogP contribution in [0.25, 0.3) is 0 Å². The Morgan fingerprint density at radius 2 is 1.81 bits per heavy atom. The second kappa shape index (κ2) is 7.57. The van der Waals surface area contributed by atoms with E-state index in [1.54, 1.807) is 36.9 Å². The van der Waals surface area contributed by atoms with Gasteiger partial charge in [0.25, 0.3) is 0 Å². The maximum absolute atomic E-state index is 12.6. The summed E-state index contributed by atoms with van der Waals surface area (Å²) >= 11 is 12.2. The first kappa shape index (κ1) is 19.2. The number of halogens is 2. The normalized spacial score (nSPS) is 21.1. The zero-order chi connectivity index (χ0) is 18.9. The Bertz CT molecular complexity index is 786. The Labute approximate surface area is 163 Å². The predicted octanol–water partition coefficient (Wildman–Crippen LogP) is 4.41. The molecule has 0 saturated carbocycles. The van der Waals surface area contributed by atoms with Crippen molar-refractivity contribution in [3.05, 3.63) is 69.7 Å². The fraction of sp³-hybridized carbons (Fsp3) is 0.350. The summed E-state index contributed by atoms with van der Waals surface area (Å²) in [4.78, 5) is 14.3. The van der Waals surface area contributed by atoms with Gasteiger partial charge in [-0.25, -0.2) is 0 Å². The predicted molar refractivity (Wildman–Crippen MR) is 102 cm³/mol. The highest BCUT2D eigenvalue weighted by Crippen LogP contribution is 2.41. The Morgan fingerprint density at radius 3 is 2.42 bits per heavy atom. The van der Waals surface area contributed by atoms with Crippen molar-refractivity contribution in [3.8, 4) is 0 Å². The van der Waals surface area contributed by atoms with Gasteiger partial charge in [-0.15, -0.1) is 0 Å². The van der Waals surface area contributed by atoms with Crippen LogP contribution in [0.3, 0.4) is 0 Å². The van der Waals surface area contributed by atoms with Crippen molar-refractivity contribution in [2.45, 2.75) is 31.6 Å². The van der Waals surface area contributed by atoms with Crippen LogP contribution in [0, 0.1) is 0 Å². The lowest BCUT2D eigenvalue weighted by Crippen LogP contribution is -2.50. The number of hydrogen-bond acceptors (Lipinski definition) is 3. The van der Waals surface area contributed by atoms with E-state index in [1.165, 1.54) is 0 Å². The number of hydrogen-bond donors (Lipinski definition) is 1. The summed E-state index contributed by atoms with van der Waals surface area (Å²) in [5.74, 6) is -0.162. The van der Waals surface area contributed by atoms with Gasteiger partial charge in [-0.05, 0) is 49.2 Å². The van der Waals surface area contributed by atoms with Gasteiger partial charge in [-0.1, -0.05) is 47.5 Å². The van der Waals surface area contributed by atoms with E-state index in [9.17, 15) is 9.90 Å². The summed E-state index contributed by atoms with van der Waals surface area (Å²) in [6.45, 7) is 3.52. The molecular formula is C20H21Cl2NO3. The van der Waals surface area contributed by atoms with E-state index in [1.807, 2.05) is 30.3 Å². The van der Waals surface area contributed by atoms with Crippen LogP contribution in [0.4, 0.5) is 0 Å². The molecule has 2 aromatic carbocycles. The first-order chi connectivity index (χ1) is 12.2. The minimum absolute atomic E-state index is 0.0443. The van der Waals surface area contributed by atoms with Gasteiger partial charge in [0.1, 0.15) is 12.7 Å². The number of aliphatic hydroxyl groups is 1. The molecule has 0 radical (unpaired) electrons. The molecule has 1 saturated heterocycles. The lowest BCUT2D eigenvalue weighted by Gasteiger charge is -2.43. The molecule has 6 heteroatoms. The number of amides is 1. The average Bonchev–Trinajstić information content (AvgIpc) is 2.56. The van der Waals surface area contributed by atoms with E-state index >= 15 is 0 Å². The van der Waals surface area contributed by atoms with E-state index in [2.05, 4.69) is 0 Å². The zero-order valence-electron chi connectivity index (χ0n) is 14.7. The Balaban J connectivity index is 2.07. The molecule has 0 unspecified atom stereocenters. The SMILES string of the molecule is CC(C)(O)CN1C(=O)CO[C@@H](c2cccc(Cl)c2)[C@H]1c1ccc(Cl)cc1. The largest absolute Gasteiger partial charge is 0.389 e. The first-order valence-electron chi connectivity index (χ1n) is 8.39. The number of nitrogens with zero attached hydrogens (tertiary/aromatic N) is 1. The molecule has 0 bridgehead atoms. The molecule has 4 nitrogen and oxygen atoms in total. The molecule has 2 aromatic rings. The highest BCUT2D eigenvalue weighted by atomic mass is 35.5. The van der Waals surface area contributed by atoms with Crippen LogP contribution in [0.1, 0.15) is 37.1 Å². The molecule has 2 atom stereocenters. The number of carbonyl (C=O) groups excluding carboxylic acids is 1. The van der Waals surface area contributed by atoms with E-state index in [0.717, 1.165) is 11.1 Å². The van der Waals surface area contributed by atoms with Crippen molar-refractivity contribution in [3.63, 3.8) is 0 Å². The fourth-order valence-electron chi connectivity index (χ4n) is 3.23. The monoisotopic (exact) mass is 393 g/mol. The van der Waals surface area contributed by atoms with E-state index in [0.29, 0.717) is 10.0 Å². The van der Waals surface area contributed by atoms with Gasteiger partial charge in [-0.3, -0.25) is 4.79 Å². The van der Waals surface area contributed by atoms with Crippen molar-refractivity contribution in [2.24, 2.45) is 0 Å². The number of morpholine rings is 1. The smallest absolute Gasteiger partial charge is 0.249 e. The maximum Gasteiger partial charge on any atom is 0.249 e. The van der Waals surface area contributed by atoms with Crippen LogP contribution >= 0.6 is 23.2 Å². The minimum atomic E-state index is -1.03. The van der Waals surface area contributed by atoms with Gasteiger partial charge in [0.15, 0.2) is 0 Å². The van der Waals surface area contributed by atoms with Crippen LogP contribution < -0.4 is 0 Å². The van der Waals surface area contributed by atoms with Crippen LogP contribution in [0.2, 0.25) is 10.0 Å². The maximum atomic E-state index is 12.6. The lowest BCUT2D eigenvalue weighted by atomic mass is 9.91. The molecule has 3 rings (SSSR count). The number of carbonyl (C=O) groups is 1. The zero-order valence-corrected chi connectivity index (χ0v) is 16.2. The Morgan fingerprint density at radius 1 is 1.12 bits per heavy atom. The van der Waals surface area contributed by atoms with Crippen LogP contribution in [0.5, 0.6) is 0 Å². The molecule has 1 amide bonds. The molecule has 1 aliphatic rings. The molecule has 0 aliphatic carbocycles. The van der Waals surface area contributed by atoms with Gasteiger partial charge >= 0.3 is 0 Å². The first-order valence-corrected chi connectivity index (χ1v) is 9.14. The van der Waals surface area contributed by atoms with Gasteiger partial charge in [0.05, 0.1) is 11.6 Å². The van der Waals surface area contributed by atoms with Crippen molar-refractivity contribution >= 4 is 29.1 Å². The van der Waals surface area contributed by atoms with Crippen LogP contribution in [0.15, 0.2) is 48.5 Å². The number of benzene rings is 2. The molecule has 1 heterocycles. The van der Waals surface area contributed by atoms with Crippen molar-refractivity contribution in [2.75, 3.05) is 13.2 Å². The molecule has 26 heavy (non-hydrogen) atoms. The third kappa shape index (κ3) is 4.38. The van der Waals surface area contributed by atoms with Crippen LogP contribution in [-0.2, 0) is 9.53 Å². The van der Waals surface area contributed by atoms with E-state index in [4.69, 9.17) is 27.9 Å². The molecule has 1 fully saturated rings. The van der Waals surface area contributed by atoms with Crippen LogP contribution in [-0.4, -0.2) is 34.7 Å². The summed E-state index contributed by atoms with van der Waals surface area (Å²) in [5.41, 5.74) is 0.735. The van der Waals surface area contributed by atoms with Gasteiger partial charge in [0, 0.05) is 16.6 Å². The van der Waals surface area contributed by atoms with Gasteiger partial charge < -0.3 is 14.7 Å². The second-order valence-electron chi connectivity index (χ2n) is 7.12. The van der Waals surface area contributed by atoms with E-state index in [-0.39, 0.29) is 19.1 Å². The number of ether oxygens (including phenoxy) is 1.